The van der Waals surface area contributed by atoms with Crippen LogP contribution in [0.15, 0.2) is 54.9 Å². The van der Waals surface area contributed by atoms with Gasteiger partial charge < -0.3 is 0 Å². The highest BCUT2D eigenvalue weighted by molar-refractivity contribution is 5.17. The second-order valence-electron chi connectivity index (χ2n) is 7.57. The fourth-order valence-electron chi connectivity index (χ4n) is 3.82. The van der Waals surface area contributed by atoms with Gasteiger partial charge in [-0.05, 0) is 18.9 Å². The van der Waals surface area contributed by atoms with Gasteiger partial charge in [0.25, 0.3) is 0 Å². The second-order valence-corrected chi connectivity index (χ2v) is 7.57. The van der Waals surface area contributed by atoms with Crippen molar-refractivity contribution in [3.05, 3.63) is 66.0 Å². The first kappa shape index (κ1) is 20.7. The van der Waals surface area contributed by atoms with Gasteiger partial charge in [0, 0.05) is 23.6 Å². The van der Waals surface area contributed by atoms with Gasteiger partial charge in [0.05, 0.1) is 0 Å². The van der Waals surface area contributed by atoms with Crippen LogP contribution in [0.4, 0.5) is 0 Å². The predicted octanol–water partition coefficient (Wildman–Crippen LogP) is 7.05. The van der Waals surface area contributed by atoms with Gasteiger partial charge in [-0.15, -0.1) is 0 Å². The highest BCUT2D eigenvalue weighted by Gasteiger charge is 2.18. The van der Waals surface area contributed by atoms with Gasteiger partial charge in [-0.2, -0.15) is 4.57 Å². The van der Waals surface area contributed by atoms with E-state index in [-0.39, 0.29) is 0 Å². The minimum atomic E-state index is 0.444. The molecule has 0 bridgehead atoms. The smallest absolute Gasteiger partial charge is 0.183 e. The Morgan fingerprint density at radius 2 is 1.38 bits per heavy atom. The van der Waals surface area contributed by atoms with Crippen LogP contribution in [-0.4, -0.2) is 0 Å². The zero-order valence-corrected chi connectivity index (χ0v) is 17.0. The van der Waals surface area contributed by atoms with Crippen LogP contribution in [0.3, 0.4) is 0 Å². The number of hydrogen-bond acceptors (Lipinski definition) is 0. The van der Waals surface area contributed by atoms with E-state index in [1.54, 1.807) is 0 Å². The third-order valence-electron chi connectivity index (χ3n) is 5.38. The summed E-state index contributed by atoms with van der Waals surface area (Å²) in [4.78, 5) is 0. The van der Waals surface area contributed by atoms with Gasteiger partial charge in [-0.1, -0.05) is 95.5 Å². The molecule has 0 saturated carbocycles. The molecule has 1 aromatic carbocycles. The molecule has 2 rings (SSSR count). The van der Waals surface area contributed by atoms with Crippen LogP contribution in [0, 0.1) is 0 Å². The van der Waals surface area contributed by atoms with Crippen molar-refractivity contribution in [2.45, 2.75) is 90.5 Å². The summed E-state index contributed by atoms with van der Waals surface area (Å²) in [6.07, 6.45) is 19.5. The topological polar surface area (TPSA) is 3.88 Å². The Bertz CT molecular complexity index is 590. The lowest BCUT2D eigenvalue weighted by Crippen LogP contribution is -2.39. The number of aromatic nitrogens is 1. The molecule has 1 aromatic heterocycles. The fourth-order valence-corrected chi connectivity index (χ4v) is 3.82. The molecule has 142 valence electrons. The Kier molecular flexibility index (Phi) is 10.1. The van der Waals surface area contributed by atoms with Crippen LogP contribution in [0.5, 0.6) is 0 Å². The molecule has 1 unspecified atom stereocenters. The molecule has 1 atom stereocenters. The van der Waals surface area contributed by atoms with E-state index in [9.17, 15) is 0 Å². The first-order valence-corrected chi connectivity index (χ1v) is 10.9. The molecule has 1 nitrogen and oxygen atoms in total. The number of nitrogens with zero attached hydrogens (tertiary/aromatic N) is 1. The molecule has 0 spiro atoms. The van der Waals surface area contributed by atoms with Crippen LogP contribution in [0.1, 0.15) is 95.2 Å². The molecular weight excluding hydrogens is 314 g/mol. The number of unbranched alkanes of at least 4 members (excludes halogenated alkanes) is 8. The molecule has 0 fully saturated rings. The van der Waals surface area contributed by atoms with Gasteiger partial charge in [0.15, 0.2) is 18.4 Å². The minimum absolute atomic E-state index is 0.444. The SMILES string of the molecule is CCCCCCCCCCCc1ccc[n+](C(CC)c2ccccc2)c1. The van der Waals surface area contributed by atoms with Crippen molar-refractivity contribution >= 4 is 0 Å². The molecule has 0 aliphatic heterocycles. The van der Waals surface area contributed by atoms with Crippen molar-refractivity contribution in [1.82, 2.24) is 0 Å². The quantitative estimate of drug-likeness (QED) is 0.269. The average molecular weight is 353 g/mol. The maximum absolute atomic E-state index is 2.40. The molecule has 1 heterocycles. The molecule has 0 aliphatic rings. The van der Waals surface area contributed by atoms with Crippen molar-refractivity contribution in [2.75, 3.05) is 0 Å². The Morgan fingerprint density at radius 1 is 0.731 bits per heavy atom. The molecule has 0 radical (unpaired) electrons. The summed E-state index contributed by atoms with van der Waals surface area (Å²) in [7, 11) is 0. The van der Waals surface area contributed by atoms with Crippen molar-refractivity contribution in [1.29, 1.82) is 0 Å². The Labute approximate surface area is 161 Å². The van der Waals surface area contributed by atoms with E-state index in [1.807, 2.05) is 0 Å². The zero-order chi connectivity index (χ0) is 18.5. The van der Waals surface area contributed by atoms with Crippen LogP contribution < -0.4 is 4.57 Å². The molecule has 2 aromatic rings. The van der Waals surface area contributed by atoms with Crippen molar-refractivity contribution < 1.29 is 4.57 Å². The van der Waals surface area contributed by atoms with E-state index < -0.39 is 0 Å². The summed E-state index contributed by atoms with van der Waals surface area (Å²) < 4.78 is 2.40. The molecule has 0 saturated heterocycles. The highest BCUT2D eigenvalue weighted by atomic mass is 15.0. The molecule has 0 N–H and O–H groups in total. The van der Waals surface area contributed by atoms with Gasteiger partial charge in [0.2, 0.25) is 0 Å². The summed E-state index contributed by atoms with van der Waals surface area (Å²) >= 11 is 0. The number of benzene rings is 1. The highest BCUT2D eigenvalue weighted by Crippen LogP contribution is 2.16. The average Bonchev–Trinajstić information content (AvgIpc) is 2.68. The van der Waals surface area contributed by atoms with Crippen LogP contribution in [0.2, 0.25) is 0 Å². The lowest BCUT2D eigenvalue weighted by atomic mass is 10.0. The maximum Gasteiger partial charge on any atom is 0.183 e. The molecule has 26 heavy (non-hydrogen) atoms. The standard InChI is InChI=1S/C25H38N/c1-3-5-6-7-8-9-10-11-13-17-23-18-16-21-26(22-23)25(4-2)24-19-14-12-15-20-24/h12,14-16,18-22,25H,3-11,13,17H2,1-2H3/q+1. The fraction of sp³-hybridized carbons (Fsp3) is 0.560. The van der Waals surface area contributed by atoms with Gasteiger partial charge >= 0.3 is 0 Å². The molecule has 0 aliphatic carbocycles. The molecular formula is C25H38N+. The number of rotatable bonds is 13. The summed E-state index contributed by atoms with van der Waals surface area (Å²) in [6, 6.07) is 15.8. The Balaban J connectivity index is 1.75. The summed E-state index contributed by atoms with van der Waals surface area (Å²) in [5.41, 5.74) is 2.88. The van der Waals surface area contributed by atoms with Gasteiger partial charge in [0.1, 0.15) is 0 Å². The maximum atomic E-state index is 2.40. The third kappa shape index (κ3) is 7.32. The van der Waals surface area contributed by atoms with E-state index >= 15 is 0 Å². The lowest BCUT2D eigenvalue weighted by molar-refractivity contribution is -0.714. The van der Waals surface area contributed by atoms with E-state index in [1.165, 1.54) is 75.3 Å². The van der Waals surface area contributed by atoms with Crippen LogP contribution in [0.25, 0.3) is 0 Å². The lowest BCUT2D eigenvalue weighted by Gasteiger charge is -2.11. The number of hydrogen-bond donors (Lipinski definition) is 0. The van der Waals surface area contributed by atoms with Crippen LogP contribution >= 0.6 is 0 Å². The summed E-state index contributed by atoms with van der Waals surface area (Å²) in [5.74, 6) is 0. The number of aryl methyl sites for hydroxylation is 1. The Hall–Kier alpha value is -1.63. The first-order valence-electron chi connectivity index (χ1n) is 10.9. The van der Waals surface area contributed by atoms with Gasteiger partial charge in [-0.25, -0.2) is 0 Å². The van der Waals surface area contributed by atoms with Crippen LogP contribution in [-0.2, 0) is 6.42 Å². The molecule has 0 amide bonds. The molecule has 1 heteroatoms. The zero-order valence-electron chi connectivity index (χ0n) is 17.0. The largest absolute Gasteiger partial charge is 0.198 e. The first-order chi connectivity index (χ1) is 12.8. The van der Waals surface area contributed by atoms with Crippen molar-refractivity contribution in [3.8, 4) is 0 Å². The summed E-state index contributed by atoms with van der Waals surface area (Å²) in [5, 5.41) is 0. The normalized spacial score (nSPS) is 12.2. The summed E-state index contributed by atoms with van der Waals surface area (Å²) in [6.45, 7) is 4.56. The minimum Gasteiger partial charge on any atom is -0.198 e. The van der Waals surface area contributed by atoms with E-state index in [0.29, 0.717) is 6.04 Å². The van der Waals surface area contributed by atoms with Crippen molar-refractivity contribution in [2.24, 2.45) is 0 Å². The third-order valence-corrected chi connectivity index (χ3v) is 5.38. The van der Waals surface area contributed by atoms with Gasteiger partial charge in [-0.3, -0.25) is 0 Å². The second kappa shape index (κ2) is 12.7. The predicted molar refractivity (Wildman–Crippen MR) is 112 cm³/mol. The van der Waals surface area contributed by atoms with E-state index in [2.05, 4.69) is 73.3 Å². The van der Waals surface area contributed by atoms with E-state index in [4.69, 9.17) is 0 Å². The number of pyridine rings is 1. The Morgan fingerprint density at radius 3 is 2.04 bits per heavy atom. The van der Waals surface area contributed by atoms with E-state index in [0.717, 1.165) is 6.42 Å². The monoisotopic (exact) mass is 352 g/mol. The van der Waals surface area contributed by atoms with Crippen molar-refractivity contribution in [3.63, 3.8) is 0 Å².